The van der Waals surface area contributed by atoms with Crippen molar-refractivity contribution in [2.45, 2.75) is 70.7 Å². The van der Waals surface area contributed by atoms with E-state index >= 15 is 0 Å². The Labute approximate surface area is 262 Å². The number of hydrogen-bond acceptors (Lipinski definition) is 9. The molecule has 11 heteroatoms. The van der Waals surface area contributed by atoms with Crippen molar-refractivity contribution in [3.63, 3.8) is 0 Å². The van der Waals surface area contributed by atoms with Gasteiger partial charge in [0.05, 0.1) is 5.56 Å². The number of pyridine rings is 1. The number of aromatic nitrogens is 2. The van der Waals surface area contributed by atoms with Crippen molar-refractivity contribution in [3.8, 4) is 0 Å². The molecule has 0 spiro atoms. The molecule has 3 fully saturated rings. The van der Waals surface area contributed by atoms with Gasteiger partial charge in [-0.15, -0.1) is 0 Å². The first-order valence-corrected chi connectivity index (χ1v) is 17.1. The lowest BCUT2D eigenvalue weighted by Crippen LogP contribution is -2.25. The number of likely N-dealkylation sites (tertiary alicyclic amines) is 1. The number of piperidine rings is 1. The number of nitrogens with two attached hydrogens (primary N) is 1. The standard InChI is InChI=1S/C28H32F2N6OS2.2C2H6/c29-22-4-1-5-23(30)24(22)25(37)26-27(31)34-28(38-26)33-20-3-2-10-36(12-9-20)39-21-7-6-19(32-14-21)8-11-35-15-17-13-18(17)16-35;2*1-2/h1,4-7,14,17-18,20H,2-3,8-13,15-16,31H2,(H,33,34);2*1-2H3. The van der Waals surface area contributed by atoms with Crippen molar-refractivity contribution >= 4 is 40.0 Å². The molecule has 1 aliphatic carbocycles. The Bertz CT molecular complexity index is 1310. The van der Waals surface area contributed by atoms with Gasteiger partial charge in [-0.2, -0.15) is 0 Å². The number of carbonyl (C=O) groups excluding carboxylic acids is 1. The van der Waals surface area contributed by atoms with Gasteiger partial charge < -0.3 is 16.0 Å². The number of halogens is 2. The average molecular weight is 631 g/mol. The van der Waals surface area contributed by atoms with Gasteiger partial charge in [0.2, 0.25) is 5.78 Å². The zero-order valence-electron chi connectivity index (χ0n) is 25.6. The van der Waals surface area contributed by atoms with Crippen LogP contribution in [0.25, 0.3) is 0 Å². The lowest BCUT2D eigenvalue weighted by atomic mass is 10.1. The third-order valence-corrected chi connectivity index (χ3v) is 9.91. The number of benzene rings is 1. The molecule has 0 amide bonds. The Kier molecular flexibility index (Phi) is 12.3. The Morgan fingerprint density at radius 1 is 1.07 bits per heavy atom. The minimum Gasteiger partial charge on any atom is -0.382 e. The first-order chi connectivity index (χ1) is 20.9. The second kappa shape index (κ2) is 15.9. The Morgan fingerprint density at radius 2 is 1.79 bits per heavy atom. The van der Waals surface area contributed by atoms with Crippen molar-refractivity contribution in [2.24, 2.45) is 11.8 Å². The highest BCUT2D eigenvalue weighted by molar-refractivity contribution is 7.97. The fourth-order valence-corrected chi connectivity index (χ4v) is 7.43. The number of nitrogens with one attached hydrogen (secondary N) is 1. The van der Waals surface area contributed by atoms with Gasteiger partial charge in [0.15, 0.2) is 5.13 Å². The van der Waals surface area contributed by atoms with E-state index < -0.39 is 23.0 Å². The number of rotatable bonds is 9. The molecule has 43 heavy (non-hydrogen) atoms. The summed E-state index contributed by atoms with van der Waals surface area (Å²) in [5.74, 6) is -0.687. The maximum Gasteiger partial charge on any atom is 0.212 e. The molecule has 6 rings (SSSR count). The summed E-state index contributed by atoms with van der Waals surface area (Å²) in [5, 5.41) is 3.88. The third kappa shape index (κ3) is 8.74. The van der Waals surface area contributed by atoms with Crippen molar-refractivity contribution < 1.29 is 13.6 Å². The molecule has 7 nitrogen and oxygen atoms in total. The molecule has 0 radical (unpaired) electrons. The van der Waals surface area contributed by atoms with Crippen LogP contribution in [0.2, 0.25) is 0 Å². The van der Waals surface area contributed by atoms with E-state index in [1.54, 1.807) is 11.9 Å². The molecule has 1 saturated carbocycles. The van der Waals surface area contributed by atoms with Gasteiger partial charge in [-0.05, 0) is 73.7 Å². The number of hydrogen-bond donors (Lipinski definition) is 2. The van der Waals surface area contributed by atoms with Crippen LogP contribution in [-0.4, -0.2) is 63.7 Å². The van der Waals surface area contributed by atoms with Crippen molar-refractivity contribution in [2.75, 3.05) is 43.8 Å². The average Bonchev–Trinajstić information content (AvgIpc) is 3.55. The highest BCUT2D eigenvalue weighted by Crippen LogP contribution is 2.44. The van der Waals surface area contributed by atoms with Gasteiger partial charge in [0, 0.05) is 62.0 Å². The van der Waals surface area contributed by atoms with E-state index in [1.807, 2.05) is 33.9 Å². The van der Waals surface area contributed by atoms with Gasteiger partial charge in [0.25, 0.3) is 0 Å². The zero-order chi connectivity index (χ0) is 30.9. The molecule has 234 valence electrons. The van der Waals surface area contributed by atoms with E-state index in [2.05, 4.69) is 31.6 Å². The topological polar surface area (TPSA) is 87.4 Å². The van der Waals surface area contributed by atoms with Crippen LogP contribution in [0.3, 0.4) is 0 Å². The molecule has 1 aromatic carbocycles. The fraction of sp³-hybridized carbons (Fsp3) is 0.531. The molecule has 0 bridgehead atoms. The number of ketones is 1. The van der Waals surface area contributed by atoms with E-state index in [9.17, 15) is 13.6 Å². The molecule has 3 N–H and O–H groups in total. The highest BCUT2D eigenvalue weighted by Gasteiger charge is 2.44. The molecule has 3 aromatic rings. The summed E-state index contributed by atoms with van der Waals surface area (Å²) in [6.07, 6.45) is 7.26. The molecule has 2 aromatic heterocycles. The third-order valence-electron chi connectivity index (χ3n) is 7.83. The first-order valence-electron chi connectivity index (χ1n) is 15.5. The van der Waals surface area contributed by atoms with E-state index in [-0.39, 0.29) is 16.7 Å². The number of thiazole rings is 1. The number of nitrogens with zero attached hydrogens (tertiary/aromatic N) is 4. The minimum atomic E-state index is -0.910. The normalized spacial score (nSPS) is 21.5. The number of carbonyl (C=O) groups is 1. The quantitative estimate of drug-likeness (QED) is 0.190. The van der Waals surface area contributed by atoms with E-state index in [0.29, 0.717) is 5.13 Å². The van der Waals surface area contributed by atoms with Crippen molar-refractivity contribution in [1.29, 1.82) is 0 Å². The lowest BCUT2D eigenvalue weighted by Gasteiger charge is -2.19. The molecule has 2 aliphatic heterocycles. The largest absolute Gasteiger partial charge is 0.382 e. The smallest absolute Gasteiger partial charge is 0.212 e. The SMILES string of the molecule is CC.CC.Nc1nc(NC2CCCN(Sc3ccc(CCN4CC5CC5C4)nc3)CC2)sc1C(=O)c1c(F)cccc1F. The second-order valence-corrected chi connectivity index (χ2v) is 12.9. The summed E-state index contributed by atoms with van der Waals surface area (Å²) < 4.78 is 30.6. The number of anilines is 2. The van der Waals surface area contributed by atoms with Crippen molar-refractivity contribution in [3.05, 3.63) is 64.3 Å². The van der Waals surface area contributed by atoms with Crippen LogP contribution in [0, 0.1) is 23.5 Å². The predicted octanol–water partition coefficient (Wildman–Crippen LogP) is 7.15. The fourth-order valence-electron chi connectivity index (χ4n) is 5.58. The Morgan fingerprint density at radius 3 is 2.47 bits per heavy atom. The van der Waals surface area contributed by atoms with E-state index in [0.717, 1.165) is 91.2 Å². The Hall–Kier alpha value is -2.60. The molecule has 3 atom stereocenters. The predicted molar refractivity (Wildman–Crippen MR) is 174 cm³/mol. The number of nitrogen functional groups attached to an aromatic ring is 1. The van der Waals surface area contributed by atoms with Crippen LogP contribution in [0.5, 0.6) is 0 Å². The summed E-state index contributed by atoms with van der Waals surface area (Å²) in [7, 11) is 0. The summed E-state index contributed by atoms with van der Waals surface area (Å²) >= 11 is 2.78. The first kappa shape index (κ1) is 33.3. The second-order valence-electron chi connectivity index (χ2n) is 10.7. The van der Waals surface area contributed by atoms with Gasteiger partial charge in [0.1, 0.15) is 22.3 Å². The lowest BCUT2D eigenvalue weighted by molar-refractivity contribution is 0.103. The summed E-state index contributed by atoms with van der Waals surface area (Å²) in [5.41, 5.74) is 6.51. The molecule has 3 aliphatic rings. The minimum absolute atomic E-state index is 0.0195. The number of fused-ring (bicyclic) bond motifs is 1. The summed E-state index contributed by atoms with van der Waals surface area (Å²) in [4.78, 5) is 25.5. The van der Waals surface area contributed by atoms with Gasteiger partial charge in [-0.3, -0.25) is 9.78 Å². The van der Waals surface area contributed by atoms with Gasteiger partial charge in [-0.25, -0.2) is 18.1 Å². The van der Waals surface area contributed by atoms with Crippen LogP contribution in [0.4, 0.5) is 19.7 Å². The summed E-state index contributed by atoms with van der Waals surface area (Å²) in [6, 6.07) is 7.82. The van der Waals surface area contributed by atoms with Crippen molar-refractivity contribution in [1.82, 2.24) is 19.2 Å². The molecular formula is C32H44F2N6OS2. The summed E-state index contributed by atoms with van der Waals surface area (Å²) in [6.45, 7) is 13.5. The molecule has 4 heterocycles. The molecule has 3 unspecified atom stereocenters. The van der Waals surface area contributed by atoms with E-state index in [1.165, 1.54) is 25.6 Å². The van der Waals surface area contributed by atoms with Crippen LogP contribution >= 0.6 is 23.3 Å². The van der Waals surface area contributed by atoms with Crippen LogP contribution in [0.15, 0.2) is 41.4 Å². The van der Waals surface area contributed by atoms with Crippen LogP contribution in [-0.2, 0) is 6.42 Å². The van der Waals surface area contributed by atoms with E-state index in [4.69, 9.17) is 10.7 Å². The van der Waals surface area contributed by atoms with Crippen LogP contribution in [0.1, 0.15) is 74.3 Å². The highest BCUT2D eigenvalue weighted by atomic mass is 32.2. The molecular weight excluding hydrogens is 587 g/mol. The van der Waals surface area contributed by atoms with Gasteiger partial charge in [-0.1, -0.05) is 45.1 Å². The molecule has 2 saturated heterocycles. The van der Waals surface area contributed by atoms with Gasteiger partial charge >= 0.3 is 0 Å². The van der Waals surface area contributed by atoms with Crippen LogP contribution < -0.4 is 11.1 Å². The monoisotopic (exact) mass is 630 g/mol. The Balaban J connectivity index is 0.00000102. The zero-order valence-corrected chi connectivity index (χ0v) is 27.2. The maximum atomic E-state index is 14.1. The maximum absolute atomic E-state index is 14.1.